The molecule has 0 saturated carbocycles. The van der Waals surface area contributed by atoms with Gasteiger partial charge in [-0.05, 0) is 23.3 Å². The predicted molar refractivity (Wildman–Crippen MR) is 108 cm³/mol. The summed E-state index contributed by atoms with van der Waals surface area (Å²) in [4.78, 5) is 13.2. The summed E-state index contributed by atoms with van der Waals surface area (Å²) in [7, 11) is 4.55. The molecule has 5 heteroatoms. The molecule has 1 N–H and O–H groups in total. The molecule has 0 aliphatic carbocycles. The van der Waals surface area contributed by atoms with E-state index in [1.54, 1.807) is 12.1 Å². The molecule has 0 radical (unpaired) electrons. The van der Waals surface area contributed by atoms with E-state index in [4.69, 9.17) is 14.2 Å². The Bertz CT molecular complexity index is 887. The van der Waals surface area contributed by atoms with E-state index in [9.17, 15) is 4.79 Å². The fourth-order valence-corrected chi connectivity index (χ4v) is 3.14. The molecule has 0 aliphatic rings. The standard InChI is InChI=1S/C23H23NO4/c1-26-19-15-14-18(21(27-2)22(19)28-3)23(25)24-20(16-10-6-4-7-11-16)17-12-8-5-9-13-17/h4-15,20H,1-3H3,(H,24,25). The van der Waals surface area contributed by atoms with Crippen LogP contribution in [0.4, 0.5) is 0 Å². The van der Waals surface area contributed by atoms with Gasteiger partial charge in [-0.15, -0.1) is 0 Å². The van der Waals surface area contributed by atoms with E-state index >= 15 is 0 Å². The smallest absolute Gasteiger partial charge is 0.255 e. The van der Waals surface area contributed by atoms with Gasteiger partial charge in [-0.1, -0.05) is 60.7 Å². The van der Waals surface area contributed by atoms with Crippen molar-refractivity contribution in [2.45, 2.75) is 6.04 Å². The number of amides is 1. The number of nitrogens with one attached hydrogen (secondary N) is 1. The Hall–Kier alpha value is -3.47. The summed E-state index contributed by atoms with van der Waals surface area (Å²) in [5.74, 6) is 0.946. The van der Waals surface area contributed by atoms with Gasteiger partial charge in [0.1, 0.15) is 0 Å². The van der Waals surface area contributed by atoms with Gasteiger partial charge in [-0.25, -0.2) is 0 Å². The molecule has 0 spiro atoms. The fourth-order valence-electron chi connectivity index (χ4n) is 3.14. The topological polar surface area (TPSA) is 56.8 Å². The van der Waals surface area contributed by atoms with Crippen molar-refractivity contribution in [2.75, 3.05) is 21.3 Å². The third-order valence-corrected chi connectivity index (χ3v) is 4.49. The van der Waals surface area contributed by atoms with Gasteiger partial charge in [0.05, 0.1) is 32.9 Å². The van der Waals surface area contributed by atoms with E-state index in [0.29, 0.717) is 22.8 Å². The van der Waals surface area contributed by atoms with Crippen molar-refractivity contribution in [3.8, 4) is 17.2 Å². The lowest BCUT2D eigenvalue weighted by atomic mass is 9.98. The summed E-state index contributed by atoms with van der Waals surface area (Å²) >= 11 is 0. The van der Waals surface area contributed by atoms with Crippen molar-refractivity contribution in [1.29, 1.82) is 0 Å². The van der Waals surface area contributed by atoms with Crippen LogP contribution in [0, 0.1) is 0 Å². The minimum atomic E-state index is -0.298. The summed E-state index contributed by atoms with van der Waals surface area (Å²) in [6.45, 7) is 0. The summed E-state index contributed by atoms with van der Waals surface area (Å²) in [5.41, 5.74) is 2.35. The first kappa shape index (κ1) is 19.3. The molecular weight excluding hydrogens is 354 g/mol. The number of rotatable bonds is 7. The molecule has 0 heterocycles. The molecule has 0 fully saturated rings. The van der Waals surface area contributed by atoms with Crippen LogP contribution in [0.1, 0.15) is 27.5 Å². The molecule has 0 bridgehead atoms. The minimum absolute atomic E-state index is 0.268. The Balaban J connectivity index is 1.99. The maximum absolute atomic E-state index is 13.2. The molecule has 0 aromatic heterocycles. The molecule has 3 aromatic carbocycles. The molecule has 144 valence electrons. The van der Waals surface area contributed by atoms with Crippen molar-refractivity contribution in [3.05, 3.63) is 89.5 Å². The van der Waals surface area contributed by atoms with E-state index < -0.39 is 0 Å². The van der Waals surface area contributed by atoms with Gasteiger partial charge in [-0.2, -0.15) is 0 Å². The van der Waals surface area contributed by atoms with Crippen molar-refractivity contribution < 1.29 is 19.0 Å². The number of ether oxygens (including phenoxy) is 3. The molecule has 3 aromatic rings. The summed E-state index contributed by atoms with van der Waals surface area (Å²) in [5, 5.41) is 3.11. The molecule has 3 rings (SSSR count). The summed E-state index contributed by atoms with van der Waals surface area (Å²) in [6, 6.07) is 22.7. The molecule has 28 heavy (non-hydrogen) atoms. The second-order valence-corrected chi connectivity index (χ2v) is 6.11. The van der Waals surface area contributed by atoms with Crippen molar-refractivity contribution in [1.82, 2.24) is 5.32 Å². The highest BCUT2D eigenvalue weighted by Crippen LogP contribution is 2.40. The van der Waals surface area contributed by atoms with E-state index in [0.717, 1.165) is 11.1 Å². The van der Waals surface area contributed by atoms with Crippen LogP contribution in [-0.4, -0.2) is 27.2 Å². The number of carbonyl (C=O) groups excluding carboxylic acids is 1. The quantitative estimate of drug-likeness (QED) is 0.669. The Morgan fingerprint density at radius 1 is 0.714 bits per heavy atom. The maximum atomic E-state index is 13.2. The average Bonchev–Trinajstić information content (AvgIpc) is 2.77. The lowest BCUT2D eigenvalue weighted by Gasteiger charge is -2.21. The molecule has 1 amide bonds. The molecule has 0 atom stereocenters. The van der Waals surface area contributed by atoms with Gasteiger partial charge in [0.15, 0.2) is 11.5 Å². The fraction of sp³-hybridized carbons (Fsp3) is 0.174. The van der Waals surface area contributed by atoms with Crippen LogP contribution in [-0.2, 0) is 0 Å². The molecule has 0 saturated heterocycles. The Kier molecular flexibility index (Phi) is 6.17. The zero-order valence-corrected chi connectivity index (χ0v) is 16.1. The van der Waals surface area contributed by atoms with Crippen LogP contribution in [0.25, 0.3) is 0 Å². The lowest BCUT2D eigenvalue weighted by Crippen LogP contribution is -2.29. The highest BCUT2D eigenvalue weighted by molar-refractivity contribution is 5.98. The van der Waals surface area contributed by atoms with Crippen LogP contribution >= 0.6 is 0 Å². The van der Waals surface area contributed by atoms with Crippen molar-refractivity contribution >= 4 is 5.91 Å². The van der Waals surface area contributed by atoms with E-state index in [1.165, 1.54) is 21.3 Å². The van der Waals surface area contributed by atoms with Gasteiger partial charge in [0.25, 0.3) is 5.91 Å². The SMILES string of the molecule is COc1ccc(C(=O)NC(c2ccccc2)c2ccccc2)c(OC)c1OC. The van der Waals surface area contributed by atoms with Crippen LogP contribution in [0.3, 0.4) is 0 Å². The third-order valence-electron chi connectivity index (χ3n) is 4.49. The lowest BCUT2D eigenvalue weighted by molar-refractivity contribution is 0.0939. The number of methoxy groups -OCH3 is 3. The monoisotopic (exact) mass is 377 g/mol. The number of hydrogen-bond donors (Lipinski definition) is 1. The second-order valence-electron chi connectivity index (χ2n) is 6.11. The van der Waals surface area contributed by atoms with Crippen LogP contribution in [0.5, 0.6) is 17.2 Å². The molecule has 5 nitrogen and oxygen atoms in total. The van der Waals surface area contributed by atoms with Gasteiger partial charge in [0, 0.05) is 0 Å². The Morgan fingerprint density at radius 2 is 1.25 bits per heavy atom. The van der Waals surface area contributed by atoms with E-state index in [1.807, 2.05) is 60.7 Å². The van der Waals surface area contributed by atoms with Gasteiger partial charge in [-0.3, -0.25) is 4.79 Å². The van der Waals surface area contributed by atoms with Crippen LogP contribution in [0.2, 0.25) is 0 Å². The van der Waals surface area contributed by atoms with E-state index in [-0.39, 0.29) is 11.9 Å². The van der Waals surface area contributed by atoms with Gasteiger partial charge < -0.3 is 19.5 Å². The first-order valence-corrected chi connectivity index (χ1v) is 8.89. The zero-order chi connectivity index (χ0) is 19.9. The molecule has 0 unspecified atom stereocenters. The molecule has 0 aliphatic heterocycles. The van der Waals surface area contributed by atoms with Crippen LogP contribution < -0.4 is 19.5 Å². The first-order valence-electron chi connectivity index (χ1n) is 8.89. The summed E-state index contributed by atoms with van der Waals surface area (Å²) < 4.78 is 16.1. The number of hydrogen-bond acceptors (Lipinski definition) is 4. The van der Waals surface area contributed by atoms with Crippen molar-refractivity contribution in [3.63, 3.8) is 0 Å². The maximum Gasteiger partial charge on any atom is 0.255 e. The summed E-state index contributed by atoms with van der Waals surface area (Å²) in [6.07, 6.45) is 0. The minimum Gasteiger partial charge on any atom is -0.493 e. The van der Waals surface area contributed by atoms with Crippen LogP contribution in [0.15, 0.2) is 72.8 Å². The predicted octanol–water partition coefficient (Wildman–Crippen LogP) is 4.23. The van der Waals surface area contributed by atoms with Gasteiger partial charge in [0.2, 0.25) is 5.75 Å². The highest BCUT2D eigenvalue weighted by Gasteiger charge is 2.24. The zero-order valence-electron chi connectivity index (χ0n) is 16.1. The normalized spacial score (nSPS) is 10.4. The Morgan fingerprint density at radius 3 is 1.71 bits per heavy atom. The third kappa shape index (κ3) is 3.93. The number of benzene rings is 3. The molecular formula is C23H23NO4. The number of carbonyl (C=O) groups is 1. The largest absolute Gasteiger partial charge is 0.493 e. The van der Waals surface area contributed by atoms with Gasteiger partial charge >= 0.3 is 0 Å². The first-order chi connectivity index (χ1) is 13.7. The Labute approximate surface area is 164 Å². The van der Waals surface area contributed by atoms with E-state index in [2.05, 4.69) is 5.32 Å². The van der Waals surface area contributed by atoms with Crippen molar-refractivity contribution in [2.24, 2.45) is 0 Å². The second kappa shape index (κ2) is 8.95. The average molecular weight is 377 g/mol. The highest BCUT2D eigenvalue weighted by atomic mass is 16.5.